The molecular formula is C36H53N5O3. The van der Waals surface area contributed by atoms with Gasteiger partial charge >= 0.3 is 0 Å². The third-order valence-electron chi connectivity index (χ3n) is 7.33. The van der Waals surface area contributed by atoms with Crippen LogP contribution < -0.4 is 21.1 Å². The van der Waals surface area contributed by atoms with Gasteiger partial charge in [0.25, 0.3) is 5.91 Å². The van der Waals surface area contributed by atoms with Crippen molar-refractivity contribution in [3.05, 3.63) is 63.8 Å². The lowest BCUT2D eigenvalue weighted by atomic mass is 9.99. The van der Waals surface area contributed by atoms with E-state index < -0.39 is 11.4 Å². The van der Waals surface area contributed by atoms with Crippen LogP contribution in [0.1, 0.15) is 60.6 Å². The van der Waals surface area contributed by atoms with Gasteiger partial charge in [0.2, 0.25) is 0 Å². The van der Waals surface area contributed by atoms with Gasteiger partial charge in [0.05, 0.1) is 13.2 Å². The molecule has 8 heteroatoms. The SMILES string of the molecule is C=c1cc(-c2ccc(/C(C)=C(\C#N)C(=O)NC(C)(C)CCO)n2C)cc/c1=C/C(=C\C)NCCN1CCOCC1.CC(C)C. The summed E-state index contributed by atoms with van der Waals surface area (Å²) >= 11 is 0. The Labute approximate surface area is 264 Å². The maximum atomic E-state index is 12.9. The average molecular weight is 604 g/mol. The average Bonchev–Trinajstić information content (AvgIpc) is 3.34. The predicted octanol–water partition coefficient (Wildman–Crippen LogP) is 3.95. The molecule has 1 aliphatic heterocycles. The molecule has 1 fully saturated rings. The van der Waals surface area contributed by atoms with Gasteiger partial charge < -0.3 is 25.0 Å². The summed E-state index contributed by atoms with van der Waals surface area (Å²) in [5, 5.41) is 27.4. The van der Waals surface area contributed by atoms with Crippen LogP contribution in [0.5, 0.6) is 0 Å². The van der Waals surface area contributed by atoms with E-state index in [1.54, 1.807) is 6.92 Å². The van der Waals surface area contributed by atoms with Gasteiger partial charge in [-0.25, -0.2) is 0 Å². The zero-order valence-corrected chi connectivity index (χ0v) is 28.1. The number of aliphatic hydroxyl groups excluding tert-OH is 1. The van der Waals surface area contributed by atoms with Crippen molar-refractivity contribution in [3.8, 4) is 17.3 Å². The predicted molar refractivity (Wildman–Crippen MR) is 182 cm³/mol. The van der Waals surface area contributed by atoms with Crippen LogP contribution >= 0.6 is 0 Å². The van der Waals surface area contributed by atoms with Gasteiger partial charge in [0, 0.05) is 62.5 Å². The Hall–Kier alpha value is -3.64. The van der Waals surface area contributed by atoms with E-state index in [4.69, 9.17) is 4.74 Å². The first kappa shape index (κ1) is 36.6. The summed E-state index contributed by atoms with van der Waals surface area (Å²) in [6.07, 6.45) is 4.58. The Morgan fingerprint density at radius 2 is 1.86 bits per heavy atom. The van der Waals surface area contributed by atoms with E-state index in [2.05, 4.69) is 79.3 Å². The van der Waals surface area contributed by atoms with E-state index in [1.165, 1.54) is 0 Å². The zero-order valence-electron chi connectivity index (χ0n) is 28.1. The Balaban J connectivity index is 0.00000159. The van der Waals surface area contributed by atoms with Crippen LogP contribution in [0.3, 0.4) is 0 Å². The van der Waals surface area contributed by atoms with Crippen LogP contribution in [0.15, 0.2) is 47.7 Å². The van der Waals surface area contributed by atoms with Gasteiger partial charge in [-0.05, 0) is 85.9 Å². The van der Waals surface area contributed by atoms with E-state index in [-0.39, 0.29) is 12.2 Å². The number of carbonyl (C=O) groups excluding carboxylic acids is 1. The molecule has 240 valence electrons. The van der Waals surface area contributed by atoms with Crippen LogP contribution in [0.2, 0.25) is 0 Å². The fourth-order valence-corrected chi connectivity index (χ4v) is 4.82. The molecule has 0 bridgehead atoms. The number of benzene rings is 1. The van der Waals surface area contributed by atoms with Crippen molar-refractivity contribution in [3.63, 3.8) is 0 Å². The lowest BCUT2D eigenvalue weighted by Gasteiger charge is -2.26. The summed E-state index contributed by atoms with van der Waals surface area (Å²) in [4.78, 5) is 15.3. The minimum atomic E-state index is -0.623. The number of carbonyl (C=O) groups is 1. The molecule has 0 saturated carbocycles. The van der Waals surface area contributed by atoms with E-state index >= 15 is 0 Å². The summed E-state index contributed by atoms with van der Waals surface area (Å²) in [5.74, 6) is 0.388. The molecule has 2 aromatic rings. The van der Waals surface area contributed by atoms with Crippen LogP contribution in [0.25, 0.3) is 29.5 Å². The van der Waals surface area contributed by atoms with Crippen molar-refractivity contribution in [2.45, 2.75) is 60.4 Å². The maximum absolute atomic E-state index is 12.9. The first-order chi connectivity index (χ1) is 20.8. The Morgan fingerprint density at radius 3 is 2.43 bits per heavy atom. The number of nitrogens with one attached hydrogen (secondary N) is 2. The molecule has 3 rings (SSSR count). The molecule has 1 aromatic carbocycles. The second kappa shape index (κ2) is 17.6. The molecule has 0 atom stereocenters. The largest absolute Gasteiger partial charge is 0.396 e. The number of allylic oxidation sites excluding steroid dienone is 3. The summed E-state index contributed by atoms with van der Waals surface area (Å²) in [7, 11) is 1.93. The zero-order chi connectivity index (χ0) is 32.9. The second-order valence-electron chi connectivity index (χ2n) is 12.5. The van der Waals surface area contributed by atoms with Crippen molar-refractivity contribution in [1.82, 2.24) is 20.1 Å². The smallest absolute Gasteiger partial charge is 0.262 e. The standard InChI is InChI=1S/C32H43N5O3.C4H10/c1-7-27(34-13-14-37-15-18-40-19-16-37)21-25-8-9-26(20-23(25)2)30-11-10-29(36(30)6)24(3)28(22-33)31(39)35-32(4,5)12-17-38;1-4(2)3/h7-11,20-21,34,38H,2,12-19H2,1,3-6H3,(H,35,39);4H,1-3H3/b25-21-,27-7+,28-24+;. The molecular weight excluding hydrogens is 550 g/mol. The maximum Gasteiger partial charge on any atom is 0.262 e. The summed E-state index contributed by atoms with van der Waals surface area (Å²) in [6.45, 7) is 23.6. The second-order valence-corrected chi connectivity index (χ2v) is 12.5. The highest BCUT2D eigenvalue weighted by molar-refractivity contribution is 6.04. The van der Waals surface area contributed by atoms with Crippen molar-refractivity contribution in [2.24, 2.45) is 13.0 Å². The quantitative estimate of drug-likeness (QED) is 0.266. The lowest BCUT2D eigenvalue weighted by Crippen LogP contribution is -2.44. The Bertz CT molecular complexity index is 1450. The third-order valence-corrected chi connectivity index (χ3v) is 7.33. The van der Waals surface area contributed by atoms with Crippen molar-refractivity contribution in [2.75, 3.05) is 46.0 Å². The number of nitrogens with zero attached hydrogens (tertiary/aromatic N) is 3. The number of amides is 1. The van der Waals surface area contributed by atoms with Crippen LogP contribution in [-0.2, 0) is 16.6 Å². The third kappa shape index (κ3) is 11.1. The van der Waals surface area contributed by atoms with Crippen molar-refractivity contribution >= 4 is 24.1 Å². The summed E-state index contributed by atoms with van der Waals surface area (Å²) in [5.41, 5.74) is 3.82. The monoisotopic (exact) mass is 603 g/mol. The molecule has 0 spiro atoms. The minimum Gasteiger partial charge on any atom is -0.396 e. The molecule has 1 saturated heterocycles. The minimum absolute atomic E-state index is 0.0503. The van der Waals surface area contributed by atoms with Crippen LogP contribution in [0.4, 0.5) is 0 Å². The van der Waals surface area contributed by atoms with Gasteiger partial charge in [-0.2, -0.15) is 5.26 Å². The first-order valence-electron chi connectivity index (χ1n) is 15.5. The number of aliphatic hydroxyl groups is 1. The Kier molecular flexibility index (Phi) is 14.6. The molecule has 1 aliphatic rings. The van der Waals surface area contributed by atoms with Gasteiger partial charge in [-0.1, -0.05) is 45.6 Å². The Morgan fingerprint density at radius 1 is 1.20 bits per heavy atom. The van der Waals surface area contributed by atoms with E-state index in [1.807, 2.05) is 44.5 Å². The number of aromatic nitrogens is 1. The molecule has 3 N–H and O–H groups in total. The van der Waals surface area contributed by atoms with Gasteiger partial charge in [0.15, 0.2) is 0 Å². The van der Waals surface area contributed by atoms with Crippen LogP contribution in [0, 0.1) is 17.2 Å². The molecule has 1 amide bonds. The number of ether oxygens (including phenoxy) is 1. The van der Waals surface area contributed by atoms with Gasteiger partial charge in [-0.15, -0.1) is 0 Å². The van der Waals surface area contributed by atoms with Crippen LogP contribution in [-0.4, -0.2) is 72.0 Å². The van der Waals surface area contributed by atoms with Crippen molar-refractivity contribution in [1.29, 1.82) is 5.26 Å². The molecule has 0 aliphatic carbocycles. The highest BCUT2D eigenvalue weighted by atomic mass is 16.5. The number of hydrogen-bond donors (Lipinski definition) is 3. The molecule has 0 unspecified atom stereocenters. The van der Waals surface area contributed by atoms with Crippen molar-refractivity contribution < 1.29 is 14.6 Å². The normalized spacial score (nSPS) is 15.3. The highest BCUT2D eigenvalue weighted by Gasteiger charge is 2.24. The first-order valence-corrected chi connectivity index (χ1v) is 15.5. The number of hydrogen-bond acceptors (Lipinski definition) is 6. The fourth-order valence-electron chi connectivity index (χ4n) is 4.82. The molecule has 8 nitrogen and oxygen atoms in total. The van der Waals surface area contributed by atoms with E-state index in [0.717, 1.165) is 78.4 Å². The molecule has 1 aromatic heterocycles. The molecule has 0 radical (unpaired) electrons. The lowest BCUT2D eigenvalue weighted by molar-refractivity contribution is -0.118. The van der Waals surface area contributed by atoms with E-state index in [9.17, 15) is 15.2 Å². The summed E-state index contributed by atoms with van der Waals surface area (Å²) < 4.78 is 7.41. The number of nitriles is 1. The summed E-state index contributed by atoms with van der Waals surface area (Å²) in [6, 6.07) is 12.2. The topological polar surface area (TPSA) is 103 Å². The molecule has 44 heavy (non-hydrogen) atoms. The van der Waals surface area contributed by atoms with E-state index in [0.29, 0.717) is 12.0 Å². The number of rotatable bonds is 11. The highest BCUT2D eigenvalue weighted by Crippen LogP contribution is 2.26. The molecule has 2 heterocycles. The fraction of sp³-hybridized carbons (Fsp3) is 0.500. The van der Waals surface area contributed by atoms with Gasteiger partial charge in [0.1, 0.15) is 11.6 Å². The number of morpholine rings is 1. The van der Waals surface area contributed by atoms with Gasteiger partial charge in [-0.3, -0.25) is 9.69 Å².